The second kappa shape index (κ2) is 9.99. The molecule has 1 N–H and O–H groups in total. The topological polar surface area (TPSA) is 85.4 Å². The predicted octanol–water partition coefficient (Wildman–Crippen LogP) is 4.43. The zero-order valence-electron chi connectivity index (χ0n) is 15.6. The number of carbonyl (C=O) groups is 3. The molecule has 1 heterocycles. The minimum atomic E-state index is -0.582. The van der Waals surface area contributed by atoms with Crippen molar-refractivity contribution >= 4 is 46.4 Å². The third kappa shape index (κ3) is 5.75. The second-order valence-electron chi connectivity index (χ2n) is 5.99. The van der Waals surface area contributed by atoms with Crippen LogP contribution >= 0.6 is 23.1 Å². The Kier molecular flexibility index (Phi) is 7.15. The van der Waals surface area contributed by atoms with Crippen molar-refractivity contribution in [2.75, 3.05) is 11.9 Å². The Morgan fingerprint density at radius 1 is 1.07 bits per heavy atom. The molecule has 0 radical (unpaired) electrons. The number of ketones is 1. The molecule has 8 heteroatoms. The summed E-state index contributed by atoms with van der Waals surface area (Å²) in [5, 5.41) is 4.56. The maximum atomic E-state index is 12.5. The Bertz CT molecular complexity index is 1020. The van der Waals surface area contributed by atoms with Crippen LogP contribution in [0.3, 0.4) is 0 Å². The quantitative estimate of drug-likeness (QED) is 0.326. The summed E-state index contributed by atoms with van der Waals surface area (Å²) in [5.74, 6) is -0.624. The number of ether oxygens (including phenoxy) is 1. The third-order valence-corrected chi connectivity index (χ3v) is 5.62. The minimum Gasteiger partial charge on any atom is -0.452 e. The van der Waals surface area contributed by atoms with Gasteiger partial charge in [-0.3, -0.25) is 9.59 Å². The van der Waals surface area contributed by atoms with Gasteiger partial charge in [-0.1, -0.05) is 24.3 Å². The molecule has 0 bridgehead atoms. The monoisotopic (exact) mass is 426 g/mol. The lowest BCUT2D eigenvalue weighted by molar-refractivity contribution is -0.119. The van der Waals surface area contributed by atoms with E-state index >= 15 is 0 Å². The number of rotatable bonds is 8. The van der Waals surface area contributed by atoms with E-state index in [1.54, 1.807) is 41.9 Å². The Morgan fingerprint density at radius 3 is 2.52 bits per heavy atom. The number of nitrogens with one attached hydrogen (secondary N) is 1. The average Bonchev–Trinajstić information content (AvgIpc) is 3.24. The smallest absolute Gasteiger partial charge is 0.339 e. The Labute approximate surface area is 176 Å². The molecule has 0 fully saturated rings. The highest BCUT2D eigenvalue weighted by Gasteiger charge is 2.16. The van der Waals surface area contributed by atoms with Crippen LogP contribution in [0.1, 0.15) is 33.3 Å². The van der Waals surface area contributed by atoms with Gasteiger partial charge in [-0.2, -0.15) is 0 Å². The van der Waals surface area contributed by atoms with Crippen molar-refractivity contribution in [2.45, 2.75) is 17.6 Å². The van der Waals surface area contributed by atoms with Gasteiger partial charge in [-0.05, 0) is 31.2 Å². The Hall–Kier alpha value is -2.97. The zero-order valence-corrected chi connectivity index (χ0v) is 17.2. The fourth-order valence-electron chi connectivity index (χ4n) is 2.52. The molecule has 0 aliphatic carbocycles. The maximum Gasteiger partial charge on any atom is 0.339 e. The standard InChI is InChI=1S/C21H18N2O4S2/c1-14(24)16-6-2-4-8-18(16)23-20(25)10-27-21(26)17-7-3-5-9-19(17)29-12-15-11-28-13-22-15/h2-9,11,13H,10,12H2,1H3,(H,23,25). The number of esters is 1. The van der Waals surface area contributed by atoms with Gasteiger partial charge >= 0.3 is 5.97 Å². The largest absolute Gasteiger partial charge is 0.452 e. The normalized spacial score (nSPS) is 10.4. The maximum absolute atomic E-state index is 12.5. The number of thioether (sulfide) groups is 1. The summed E-state index contributed by atoms with van der Waals surface area (Å²) in [6.45, 7) is 0.974. The molecule has 1 amide bonds. The molecule has 2 aromatic carbocycles. The van der Waals surface area contributed by atoms with E-state index in [1.165, 1.54) is 30.0 Å². The van der Waals surface area contributed by atoms with Crippen LogP contribution in [0.25, 0.3) is 0 Å². The Morgan fingerprint density at radius 2 is 1.79 bits per heavy atom. The van der Waals surface area contributed by atoms with E-state index in [4.69, 9.17) is 4.74 Å². The van der Waals surface area contributed by atoms with Crippen LogP contribution in [0, 0.1) is 0 Å². The number of Topliss-reactive ketones (excluding diaryl/α,β-unsaturated/α-hetero) is 1. The molecule has 148 valence electrons. The minimum absolute atomic E-state index is 0.163. The van der Waals surface area contributed by atoms with E-state index < -0.39 is 18.5 Å². The van der Waals surface area contributed by atoms with Gasteiger partial charge in [0, 0.05) is 21.6 Å². The number of benzene rings is 2. The van der Waals surface area contributed by atoms with Gasteiger partial charge in [0.1, 0.15) is 0 Å². The summed E-state index contributed by atoms with van der Waals surface area (Å²) < 4.78 is 5.18. The van der Waals surface area contributed by atoms with Crippen LogP contribution in [0.2, 0.25) is 0 Å². The Balaban J connectivity index is 1.59. The van der Waals surface area contributed by atoms with Crippen molar-refractivity contribution in [2.24, 2.45) is 0 Å². The van der Waals surface area contributed by atoms with Gasteiger partial charge in [-0.15, -0.1) is 23.1 Å². The summed E-state index contributed by atoms with van der Waals surface area (Å²) >= 11 is 3.00. The van der Waals surface area contributed by atoms with Crippen LogP contribution in [0.15, 0.2) is 64.3 Å². The number of amides is 1. The SMILES string of the molecule is CC(=O)c1ccccc1NC(=O)COC(=O)c1ccccc1SCc1cscn1. The predicted molar refractivity (Wildman–Crippen MR) is 113 cm³/mol. The molecule has 0 spiro atoms. The van der Waals surface area contributed by atoms with E-state index in [-0.39, 0.29) is 5.78 Å². The van der Waals surface area contributed by atoms with Gasteiger partial charge in [0.2, 0.25) is 0 Å². The molecule has 0 unspecified atom stereocenters. The number of anilines is 1. The average molecular weight is 427 g/mol. The fraction of sp³-hybridized carbons (Fsp3) is 0.143. The lowest BCUT2D eigenvalue weighted by atomic mass is 10.1. The molecule has 1 aromatic heterocycles. The second-order valence-corrected chi connectivity index (χ2v) is 7.73. The first kappa shape index (κ1) is 20.8. The number of aromatic nitrogens is 1. The van der Waals surface area contributed by atoms with E-state index in [0.717, 1.165) is 10.6 Å². The molecule has 0 aliphatic rings. The number of nitrogens with zero attached hydrogens (tertiary/aromatic N) is 1. The summed E-state index contributed by atoms with van der Waals surface area (Å²) in [5.41, 5.74) is 3.88. The van der Waals surface area contributed by atoms with Crippen LogP contribution in [-0.2, 0) is 15.3 Å². The summed E-state index contributed by atoms with van der Waals surface area (Å²) in [4.78, 5) is 41.3. The van der Waals surface area contributed by atoms with Gasteiger partial charge < -0.3 is 10.1 Å². The molecule has 29 heavy (non-hydrogen) atoms. The van der Waals surface area contributed by atoms with Crippen molar-refractivity contribution in [3.8, 4) is 0 Å². The van der Waals surface area contributed by atoms with Crippen molar-refractivity contribution in [1.29, 1.82) is 0 Å². The molecule has 0 saturated heterocycles. The highest BCUT2D eigenvalue weighted by molar-refractivity contribution is 7.98. The van der Waals surface area contributed by atoms with Crippen LogP contribution in [0.4, 0.5) is 5.69 Å². The lowest BCUT2D eigenvalue weighted by Gasteiger charge is -2.11. The third-order valence-electron chi connectivity index (χ3n) is 3.88. The zero-order chi connectivity index (χ0) is 20.6. The number of hydrogen-bond donors (Lipinski definition) is 1. The summed E-state index contributed by atoms with van der Waals surface area (Å²) in [6, 6.07) is 13.8. The molecule has 0 atom stereocenters. The first-order valence-electron chi connectivity index (χ1n) is 8.70. The number of thiazole rings is 1. The van der Waals surface area contributed by atoms with E-state index in [0.29, 0.717) is 22.6 Å². The highest BCUT2D eigenvalue weighted by atomic mass is 32.2. The summed E-state index contributed by atoms with van der Waals surface area (Å²) in [6.07, 6.45) is 0. The molecular weight excluding hydrogens is 408 g/mol. The fourth-order valence-corrected chi connectivity index (χ4v) is 4.12. The number of para-hydroxylation sites is 1. The molecular formula is C21H18N2O4S2. The van der Waals surface area contributed by atoms with E-state index in [9.17, 15) is 14.4 Å². The molecule has 0 saturated carbocycles. The lowest BCUT2D eigenvalue weighted by Crippen LogP contribution is -2.22. The molecule has 3 rings (SSSR count). The van der Waals surface area contributed by atoms with E-state index in [1.807, 2.05) is 17.5 Å². The van der Waals surface area contributed by atoms with Gasteiger partial charge in [0.25, 0.3) is 5.91 Å². The first-order chi connectivity index (χ1) is 14.0. The van der Waals surface area contributed by atoms with Crippen molar-refractivity contribution in [1.82, 2.24) is 4.98 Å². The van der Waals surface area contributed by atoms with E-state index in [2.05, 4.69) is 10.3 Å². The summed E-state index contributed by atoms with van der Waals surface area (Å²) in [7, 11) is 0. The van der Waals surface area contributed by atoms with Crippen LogP contribution < -0.4 is 5.32 Å². The van der Waals surface area contributed by atoms with Crippen molar-refractivity contribution in [3.05, 3.63) is 76.2 Å². The van der Waals surface area contributed by atoms with Crippen molar-refractivity contribution in [3.63, 3.8) is 0 Å². The van der Waals surface area contributed by atoms with Gasteiger partial charge in [-0.25, -0.2) is 9.78 Å². The van der Waals surface area contributed by atoms with Crippen LogP contribution in [0.5, 0.6) is 0 Å². The molecule has 3 aromatic rings. The molecule has 6 nitrogen and oxygen atoms in total. The molecule has 0 aliphatic heterocycles. The number of hydrogen-bond acceptors (Lipinski definition) is 7. The van der Waals surface area contributed by atoms with Crippen LogP contribution in [-0.4, -0.2) is 29.3 Å². The van der Waals surface area contributed by atoms with Gasteiger partial charge in [0.15, 0.2) is 12.4 Å². The first-order valence-corrected chi connectivity index (χ1v) is 10.6. The highest BCUT2D eigenvalue weighted by Crippen LogP contribution is 2.26. The van der Waals surface area contributed by atoms with Crippen molar-refractivity contribution < 1.29 is 19.1 Å². The van der Waals surface area contributed by atoms with Gasteiger partial charge in [0.05, 0.1) is 22.5 Å². The number of carbonyl (C=O) groups excluding carboxylic acids is 3.